The Balaban J connectivity index is 4.49. The van der Waals surface area contributed by atoms with Crippen molar-refractivity contribution < 1.29 is 8.42 Å². The number of nitrogens with zero attached hydrogens (tertiary/aromatic N) is 2. The minimum atomic E-state index is -2.94. The SMILES string of the molecule is CC(C)NC(C)(C#N)CC(C)N(C)CCS(C)(=O)=O. The van der Waals surface area contributed by atoms with Crippen molar-refractivity contribution in [2.75, 3.05) is 25.6 Å². The average molecular weight is 289 g/mol. The monoisotopic (exact) mass is 289 g/mol. The molecule has 0 aliphatic heterocycles. The van der Waals surface area contributed by atoms with Gasteiger partial charge in [-0.15, -0.1) is 0 Å². The molecule has 0 radical (unpaired) electrons. The maximum Gasteiger partial charge on any atom is 0.148 e. The molecule has 0 fully saturated rings. The zero-order valence-electron chi connectivity index (χ0n) is 12.9. The van der Waals surface area contributed by atoms with Crippen LogP contribution in [0, 0.1) is 11.3 Å². The first-order chi connectivity index (χ1) is 8.49. The van der Waals surface area contributed by atoms with Crippen LogP contribution in [0.15, 0.2) is 0 Å². The molecule has 0 heterocycles. The third-order valence-corrected chi connectivity index (χ3v) is 4.05. The lowest BCUT2D eigenvalue weighted by molar-refractivity contribution is 0.218. The van der Waals surface area contributed by atoms with E-state index in [9.17, 15) is 13.7 Å². The fourth-order valence-corrected chi connectivity index (χ4v) is 2.67. The van der Waals surface area contributed by atoms with Crippen molar-refractivity contribution in [2.45, 2.75) is 51.7 Å². The molecule has 0 amide bonds. The van der Waals surface area contributed by atoms with E-state index in [-0.39, 0.29) is 17.8 Å². The molecule has 5 nitrogen and oxygen atoms in total. The summed E-state index contributed by atoms with van der Waals surface area (Å²) in [5, 5.41) is 12.6. The van der Waals surface area contributed by atoms with Gasteiger partial charge in [-0.2, -0.15) is 5.26 Å². The van der Waals surface area contributed by atoms with Gasteiger partial charge in [0, 0.05) is 24.9 Å². The number of sulfone groups is 1. The van der Waals surface area contributed by atoms with Crippen LogP contribution in [-0.4, -0.2) is 56.5 Å². The number of hydrogen-bond acceptors (Lipinski definition) is 5. The average Bonchev–Trinajstić information content (AvgIpc) is 2.23. The Morgan fingerprint density at radius 2 is 1.89 bits per heavy atom. The van der Waals surface area contributed by atoms with Crippen LogP contribution in [0.25, 0.3) is 0 Å². The maximum atomic E-state index is 11.2. The van der Waals surface area contributed by atoms with E-state index < -0.39 is 15.4 Å². The van der Waals surface area contributed by atoms with E-state index in [1.165, 1.54) is 6.26 Å². The van der Waals surface area contributed by atoms with Gasteiger partial charge in [-0.05, 0) is 41.2 Å². The van der Waals surface area contributed by atoms with E-state index >= 15 is 0 Å². The second-order valence-corrected chi connectivity index (χ2v) is 8.17. The van der Waals surface area contributed by atoms with Crippen LogP contribution >= 0.6 is 0 Å². The molecule has 0 aromatic carbocycles. The standard InChI is InChI=1S/C13H27N3O2S/c1-11(2)15-13(4,10-14)9-12(3)16(5)7-8-19(6,17)18/h11-12,15H,7-9H2,1-6H3. The molecule has 0 spiro atoms. The summed E-state index contributed by atoms with van der Waals surface area (Å²) in [6.07, 6.45) is 1.90. The Kier molecular flexibility index (Phi) is 6.98. The summed E-state index contributed by atoms with van der Waals surface area (Å²) in [7, 11) is -1.05. The lowest BCUT2D eigenvalue weighted by Crippen LogP contribution is -2.49. The number of rotatable bonds is 8. The van der Waals surface area contributed by atoms with E-state index in [1.54, 1.807) is 0 Å². The molecule has 19 heavy (non-hydrogen) atoms. The van der Waals surface area contributed by atoms with Crippen LogP contribution in [0.1, 0.15) is 34.1 Å². The van der Waals surface area contributed by atoms with Crippen molar-refractivity contribution in [2.24, 2.45) is 0 Å². The summed E-state index contributed by atoms with van der Waals surface area (Å²) < 4.78 is 22.3. The van der Waals surface area contributed by atoms with Crippen LogP contribution in [0.4, 0.5) is 0 Å². The van der Waals surface area contributed by atoms with Crippen molar-refractivity contribution in [1.82, 2.24) is 10.2 Å². The molecule has 0 rings (SSSR count). The highest BCUT2D eigenvalue weighted by molar-refractivity contribution is 7.90. The fraction of sp³-hybridized carbons (Fsp3) is 0.923. The second-order valence-electron chi connectivity index (χ2n) is 5.91. The topological polar surface area (TPSA) is 73.2 Å². The summed E-state index contributed by atoms with van der Waals surface area (Å²) in [6.45, 7) is 8.40. The third kappa shape index (κ3) is 8.19. The summed E-state index contributed by atoms with van der Waals surface area (Å²) in [4.78, 5) is 1.98. The van der Waals surface area contributed by atoms with Crippen LogP contribution in [0.3, 0.4) is 0 Å². The summed E-state index contributed by atoms with van der Waals surface area (Å²) >= 11 is 0. The molecule has 1 N–H and O–H groups in total. The zero-order valence-corrected chi connectivity index (χ0v) is 13.7. The van der Waals surface area contributed by atoms with Gasteiger partial charge in [0.2, 0.25) is 0 Å². The predicted molar refractivity (Wildman–Crippen MR) is 78.7 cm³/mol. The second kappa shape index (κ2) is 7.22. The van der Waals surface area contributed by atoms with E-state index in [1.807, 2.05) is 39.6 Å². The molecule has 112 valence electrons. The van der Waals surface area contributed by atoms with Crippen molar-refractivity contribution in [3.8, 4) is 6.07 Å². The third-order valence-electron chi connectivity index (χ3n) is 3.12. The Morgan fingerprint density at radius 3 is 2.26 bits per heavy atom. The van der Waals surface area contributed by atoms with Gasteiger partial charge in [-0.25, -0.2) is 8.42 Å². The van der Waals surface area contributed by atoms with E-state index in [4.69, 9.17) is 0 Å². The highest BCUT2D eigenvalue weighted by Crippen LogP contribution is 2.15. The van der Waals surface area contributed by atoms with Crippen molar-refractivity contribution in [3.05, 3.63) is 0 Å². The minimum Gasteiger partial charge on any atom is -0.303 e. The summed E-state index contributed by atoms with van der Waals surface area (Å²) in [5.41, 5.74) is -0.590. The van der Waals surface area contributed by atoms with Gasteiger partial charge in [-0.1, -0.05) is 0 Å². The molecule has 0 bridgehead atoms. The highest BCUT2D eigenvalue weighted by Gasteiger charge is 2.28. The molecule has 0 aromatic heterocycles. The van der Waals surface area contributed by atoms with E-state index in [2.05, 4.69) is 11.4 Å². The molecular formula is C13H27N3O2S. The Bertz CT molecular complexity index is 414. The van der Waals surface area contributed by atoms with E-state index in [0.29, 0.717) is 13.0 Å². The van der Waals surface area contributed by atoms with Gasteiger partial charge in [0.15, 0.2) is 0 Å². The van der Waals surface area contributed by atoms with Gasteiger partial charge in [0.1, 0.15) is 15.4 Å². The van der Waals surface area contributed by atoms with Gasteiger partial charge in [0.05, 0.1) is 11.8 Å². The van der Waals surface area contributed by atoms with Gasteiger partial charge in [-0.3, -0.25) is 5.32 Å². The molecule has 0 saturated carbocycles. The number of nitrogens with one attached hydrogen (secondary N) is 1. The Labute approximate surface area is 117 Å². The zero-order chi connectivity index (χ0) is 15.3. The highest BCUT2D eigenvalue weighted by atomic mass is 32.2. The Hall–Kier alpha value is -0.640. The predicted octanol–water partition coefficient (Wildman–Crippen LogP) is 1.02. The fourth-order valence-electron chi connectivity index (χ4n) is 2.05. The molecule has 0 aliphatic carbocycles. The van der Waals surface area contributed by atoms with Crippen LogP contribution in [-0.2, 0) is 9.84 Å². The summed E-state index contributed by atoms with van der Waals surface area (Å²) in [5.74, 6) is 0.148. The quantitative estimate of drug-likeness (QED) is 0.722. The molecule has 0 saturated heterocycles. The van der Waals surface area contributed by atoms with Gasteiger partial charge >= 0.3 is 0 Å². The van der Waals surface area contributed by atoms with Crippen LogP contribution in [0.5, 0.6) is 0 Å². The maximum absolute atomic E-state index is 11.2. The van der Waals surface area contributed by atoms with Crippen LogP contribution < -0.4 is 5.32 Å². The largest absolute Gasteiger partial charge is 0.303 e. The Morgan fingerprint density at radius 1 is 1.37 bits per heavy atom. The molecule has 2 atom stereocenters. The van der Waals surface area contributed by atoms with Crippen LogP contribution in [0.2, 0.25) is 0 Å². The van der Waals surface area contributed by atoms with Gasteiger partial charge in [0.25, 0.3) is 0 Å². The number of hydrogen-bond donors (Lipinski definition) is 1. The normalized spacial score (nSPS) is 17.2. The smallest absolute Gasteiger partial charge is 0.148 e. The van der Waals surface area contributed by atoms with Gasteiger partial charge < -0.3 is 4.90 Å². The van der Waals surface area contributed by atoms with Crippen molar-refractivity contribution >= 4 is 9.84 Å². The first-order valence-electron chi connectivity index (χ1n) is 6.56. The molecule has 6 heteroatoms. The minimum absolute atomic E-state index is 0.137. The van der Waals surface area contributed by atoms with E-state index in [0.717, 1.165) is 0 Å². The lowest BCUT2D eigenvalue weighted by atomic mass is 9.94. The first kappa shape index (κ1) is 18.4. The van der Waals surface area contributed by atoms with Crippen molar-refractivity contribution in [1.29, 1.82) is 5.26 Å². The number of nitriles is 1. The van der Waals surface area contributed by atoms with Crippen molar-refractivity contribution in [3.63, 3.8) is 0 Å². The lowest BCUT2D eigenvalue weighted by Gasteiger charge is -2.33. The molecule has 0 aromatic rings. The summed E-state index contributed by atoms with van der Waals surface area (Å²) in [6, 6.07) is 2.68. The molecule has 2 unspecified atom stereocenters. The molecular weight excluding hydrogens is 262 g/mol. The first-order valence-corrected chi connectivity index (χ1v) is 8.62. The molecule has 0 aliphatic rings.